The number of carbonyl (C=O) groups is 2. The molecule has 6 nitrogen and oxygen atoms in total. The van der Waals surface area contributed by atoms with E-state index in [-0.39, 0.29) is 29.9 Å². The van der Waals surface area contributed by atoms with Crippen LogP contribution in [0.25, 0.3) is 0 Å². The van der Waals surface area contributed by atoms with Crippen LogP contribution in [-0.4, -0.2) is 71.4 Å². The van der Waals surface area contributed by atoms with Crippen LogP contribution in [0.2, 0.25) is 0 Å². The van der Waals surface area contributed by atoms with Gasteiger partial charge in [-0.15, -0.1) is 0 Å². The molecule has 3 heterocycles. The summed E-state index contributed by atoms with van der Waals surface area (Å²) in [6.07, 6.45) is 7.25. The highest BCUT2D eigenvalue weighted by Crippen LogP contribution is 2.26. The van der Waals surface area contributed by atoms with Crippen LogP contribution in [-0.2, 0) is 4.79 Å². The van der Waals surface area contributed by atoms with Crippen molar-refractivity contribution in [2.45, 2.75) is 64.0 Å². The number of likely N-dealkylation sites (tertiary alicyclic amines) is 3. The predicted octanol–water partition coefficient (Wildman–Crippen LogP) is 1.64. The molecule has 0 aromatic rings. The second-order valence-corrected chi connectivity index (χ2v) is 7.72. The average molecular weight is 336 g/mol. The molecule has 0 aliphatic carbocycles. The van der Waals surface area contributed by atoms with Gasteiger partial charge in [-0.1, -0.05) is 0 Å². The van der Waals surface area contributed by atoms with E-state index in [1.54, 1.807) is 0 Å². The Kier molecular flexibility index (Phi) is 5.64. The third-order valence-electron chi connectivity index (χ3n) is 5.86. The Morgan fingerprint density at radius 1 is 0.917 bits per heavy atom. The van der Waals surface area contributed by atoms with Crippen molar-refractivity contribution in [3.05, 3.63) is 0 Å². The van der Waals surface area contributed by atoms with Crippen LogP contribution in [0, 0.1) is 5.92 Å². The van der Waals surface area contributed by atoms with Crippen molar-refractivity contribution >= 4 is 11.9 Å². The first-order chi connectivity index (χ1) is 11.6. The van der Waals surface area contributed by atoms with Crippen LogP contribution in [0.4, 0.5) is 4.79 Å². The Balaban J connectivity index is 1.62. The molecule has 0 bridgehead atoms. The van der Waals surface area contributed by atoms with Crippen LogP contribution < -0.4 is 5.73 Å². The van der Waals surface area contributed by atoms with E-state index in [0.29, 0.717) is 6.54 Å². The number of hydrogen-bond donors (Lipinski definition) is 1. The first-order valence-electron chi connectivity index (χ1n) is 9.68. The summed E-state index contributed by atoms with van der Waals surface area (Å²) in [5.41, 5.74) is 6.12. The molecule has 6 heteroatoms. The normalized spacial score (nSPS) is 29.7. The highest BCUT2D eigenvalue weighted by atomic mass is 16.2. The standard InChI is InChI=1S/C18H32N4O2/c1-14(19)16-8-2-3-12-22(16)17(23)15-7-6-11-21(13-15)18(24)20-9-4-5-10-20/h14-16H,2-13,19H2,1H3. The molecule has 0 aromatic carbocycles. The van der Waals surface area contributed by atoms with Gasteiger partial charge < -0.3 is 20.4 Å². The van der Waals surface area contributed by atoms with Gasteiger partial charge in [0.2, 0.25) is 5.91 Å². The maximum Gasteiger partial charge on any atom is 0.320 e. The fourth-order valence-corrected chi connectivity index (χ4v) is 4.47. The third-order valence-corrected chi connectivity index (χ3v) is 5.86. The molecule has 3 atom stereocenters. The minimum atomic E-state index is -0.0512. The van der Waals surface area contributed by atoms with Gasteiger partial charge in [-0.3, -0.25) is 4.79 Å². The van der Waals surface area contributed by atoms with Crippen LogP contribution >= 0.6 is 0 Å². The summed E-state index contributed by atoms with van der Waals surface area (Å²) in [6.45, 7) is 5.92. The van der Waals surface area contributed by atoms with Crippen molar-refractivity contribution in [1.29, 1.82) is 0 Å². The summed E-state index contributed by atoms with van der Waals surface area (Å²) in [5, 5.41) is 0. The molecule has 2 N–H and O–H groups in total. The Bertz CT molecular complexity index is 462. The Morgan fingerprint density at radius 2 is 1.58 bits per heavy atom. The summed E-state index contributed by atoms with van der Waals surface area (Å²) < 4.78 is 0. The van der Waals surface area contributed by atoms with Crippen LogP contribution in [0.3, 0.4) is 0 Å². The lowest BCUT2D eigenvalue weighted by Crippen LogP contribution is -2.56. The molecule has 0 radical (unpaired) electrons. The second kappa shape index (κ2) is 7.72. The first kappa shape index (κ1) is 17.5. The molecule has 0 spiro atoms. The molecule has 3 saturated heterocycles. The lowest BCUT2D eigenvalue weighted by atomic mass is 9.91. The van der Waals surface area contributed by atoms with Gasteiger partial charge in [-0.2, -0.15) is 0 Å². The average Bonchev–Trinajstić information content (AvgIpc) is 3.15. The zero-order valence-corrected chi connectivity index (χ0v) is 15.0. The van der Waals surface area contributed by atoms with E-state index < -0.39 is 0 Å². The zero-order valence-electron chi connectivity index (χ0n) is 15.0. The SMILES string of the molecule is CC(N)C1CCCCN1C(=O)C1CCCN(C(=O)N2CCCC2)C1. The van der Waals surface area contributed by atoms with E-state index in [1.807, 2.05) is 21.6 Å². The largest absolute Gasteiger partial charge is 0.338 e. The smallest absolute Gasteiger partial charge is 0.320 e. The first-order valence-corrected chi connectivity index (χ1v) is 9.68. The van der Waals surface area contributed by atoms with Gasteiger partial charge in [0.25, 0.3) is 0 Å². The molecule has 0 aromatic heterocycles. The van der Waals surface area contributed by atoms with Gasteiger partial charge in [-0.25, -0.2) is 4.79 Å². The van der Waals surface area contributed by atoms with Gasteiger partial charge in [0.1, 0.15) is 0 Å². The summed E-state index contributed by atoms with van der Waals surface area (Å²) in [4.78, 5) is 31.6. The molecular weight excluding hydrogens is 304 g/mol. The molecular formula is C18H32N4O2. The Hall–Kier alpha value is -1.30. The second-order valence-electron chi connectivity index (χ2n) is 7.72. The summed E-state index contributed by atoms with van der Waals surface area (Å²) in [7, 11) is 0. The predicted molar refractivity (Wildman–Crippen MR) is 93.5 cm³/mol. The molecule has 0 saturated carbocycles. The van der Waals surface area contributed by atoms with Crippen molar-refractivity contribution in [2.24, 2.45) is 11.7 Å². The van der Waals surface area contributed by atoms with Gasteiger partial charge in [0.05, 0.1) is 5.92 Å². The molecule has 3 unspecified atom stereocenters. The van der Waals surface area contributed by atoms with Crippen molar-refractivity contribution in [1.82, 2.24) is 14.7 Å². The minimum Gasteiger partial charge on any atom is -0.338 e. The molecule has 3 amide bonds. The number of nitrogens with zero attached hydrogens (tertiary/aromatic N) is 3. The monoisotopic (exact) mass is 336 g/mol. The molecule has 3 fully saturated rings. The summed E-state index contributed by atoms with van der Waals surface area (Å²) in [5.74, 6) is 0.167. The van der Waals surface area contributed by atoms with Crippen LogP contribution in [0.5, 0.6) is 0 Å². The molecule has 24 heavy (non-hydrogen) atoms. The highest BCUT2D eigenvalue weighted by molar-refractivity contribution is 5.81. The number of rotatable bonds is 2. The van der Waals surface area contributed by atoms with E-state index in [9.17, 15) is 9.59 Å². The topological polar surface area (TPSA) is 69.9 Å². The Labute approximate surface area is 145 Å². The lowest BCUT2D eigenvalue weighted by Gasteiger charge is -2.42. The Morgan fingerprint density at radius 3 is 2.29 bits per heavy atom. The van der Waals surface area contributed by atoms with Gasteiger partial charge >= 0.3 is 6.03 Å². The lowest BCUT2D eigenvalue weighted by molar-refractivity contribution is -0.141. The van der Waals surface area contributed by atoms with Crippen molar-refractivity contribution in [3.8, 4) is 0 Å². The van der Waals surface area contributed by atoms with Crippen molar-refractivity contribution < 1.29 is 9.59 Å². The van der Waals surface area contributed by atoms with Crippen molar-refractivity contribution in [2.75, 3.05) is 32.7 Å². The molecule has 3 aliphatic rings. The molecule has 136 valence electrons. The fraction of sp³-hybridized carbons (Fsp3) is 0.889. The van der Waals surface area contributed by atoms with Crippen molar-refractivity contribution in [3.63, 3.8) is 0 Å². The van der Waals surface area contributed by atoms with Crippen LogP contribution in [0.1, 0.15) is 51.9 Å². The third kappa shape index (κ3) is 3.68. The number of piperidine rings is 2. The zero-order chi connectivity index (χ0) is 17.1. The summed E-state index contributed by atoms with van der Waals surface area (Å²) in [6, 6.07) is 0.309. The fourth-order valence-electron chi connectivity index (χ4n) is 4.47. The maximum absolute atomic E-state index is 13.1. The number of nitrogens with two attached hydrogens (primary N) is 1. The van der Waals surface area contributed by atoms with E-state index in [2.05, 4.69) is 0 Å². The van der Waals surface area contributed by atoms with E-state index in [1.165, 1.54) is 0 Å². The van der Waals surface area contributed by atoms with Crippen LogP contribution in [0.15, 0.2) is 0 Å². The van der Waals surface area contributed by atoms with E-state index in [0.717, 1.165) is 71.1 Å². The van der Waals surface area contributed by atoms with E-state index >= 15 is 0 Å². The van der Waals surface area contributed by atoms with Gasteiger partial charge in [0, 0.05) is 44.8 Å². The quantitative estimate of drug-likeness (QED) is 0.833. The molecule has 3 rings (SSSR count). The minimum absolute atomic E-state index is 0.0141. The number of amides is 3. The molecule has 3 aliphatic heterocycles. The number of carbonyl (C=O) groups excluding carboxylic acids is 2. The summed E-state index contributed by atoms with van der Waals surface area (Å²) >= 11 is 0. The number of urea groups is 1. The highest BCUT2D eigenvalue weighted by Gasteiger charge is 2.37. The van der Waals surface area contributed by atoms with Gasteiger partial charge in [0.15, 0.2) is 0 Å². The maximum atomic E-state index is 13.1. The van der Waals surface area contributed by atoms with Gasteiger partial charge in [-0.05, 0) is 51.9 Å². The number of hydrogen-bond acceptors (Lipinski definition) is 3. The van der Waals surface area contributed by atoms with E-state index in [4.69, 9.17) is 5.73 Å².